The van der Waals surface area contributed by atoms with E-state index < -0.39 is 0 Å². The van der Waals surface area contributed by atoms with Crippen LogP contribution in [-0.2, 0) is 6.54 Å². The molecule has 0 spiro atoms. The van der Waals surface area contributed by atoms with Crippen LogP contribution in [0.15, 0.2) is 29.2 Å². The van der Waals surface area contributed by atoms with Gasteiger partial charge < -0.3 is 4.90 Å². The summed E-state index contributed by atoms with van der Waals surface area (Å²) >= 11 is 1.82. The van der Waals surface area contributed by atoms with Crippen molar-refractivity contribution in [1.82, 2.24) is 4.90 Å². The first kappa shape index (κ1) is 11.6. The van der Waals surface area contributed by atoms with Crippen LogP contribution in [0.5, 0.6) is 0 Å². The molecule has 0 saturated carbocycles. The van der Waals surface area contributed by atoms with Gasteiger partial charge in [-0.2, -0.15) is 0 Å². The average Bonchev–Trinajstić information content (AvgIpc) is 2.14. The van der Waals surface area contributed by atoms with Crippen molar-refractivity contribution in [2.45, 2.75) is 24.8 Å². The molecule has 1 radical (unpaired) electrons. The second-order valence-corrected chi connectivity index (χ2v) is 4.62. The van der Waals surface area contributed by atoms with Crippen LogP contribution < -0.4 is 0 Å². The maximum Gasteiger partial charge on any atom is 0.0228 e. The van der Waals surface area contributed by atoms with Crippen molar-refractivity contribution in [1.29, 1.82) is 0 Å². The number of hydrogen-bond donors (Lipinski definition) is 0. The summed E-state index contributed by atoms with van der Waals surface area (Å²) in [5.74, 6) is 2.23. The van der Waals surface area contributed by atoms with Gasteiger partial charge in [0.15, 0.2) is 0 Å². The van der Waals surface area contributed by atoms with Crippen LogP contribution in [0.1, 0.15) is 18.9 Å². The summed E-state index contributed by atoms with van der Waals surface area (Å²) < 4.78 is 0. The van der Waals surface area contributed by atoms with Gasteiger partial charge in [0.2, 0.25) is 0 Å². The van der Waals surface area contributed by atoms with Crippen molar-refractivity contribution in [3.05, 3.63) is 35.6 Å². The monoisotopic (exact) mass is 208 g/mol. The third-order valence-corrected chi connectivity index (χ3v) is 2.81. The van der Waals surface area contributed by atoms with E-state index in [0.29, 0.717) is 0 Å². The van der Waals surface area contributed by atoms with Gasteiger partial charge in [-0.15, -0.1) is 11.8 Å². The van der Waals surface area contributed by atoms with Crippen LogP contribution in [0.4, 0.5) is 0 Å². The van der Waals surface area contributed by atoms with E-state index in [1.54, 1.807) is 0 Å². The third kappa shape index (κ3) is 4.16. The molecule has 14 heavy (non-hydrogen) atoms. The van der Waals surface area contributed by atoms with Crippen molar-refractivity contribution >= 4 is 11.8 Å². The number of thioether (sulfide) groups is 1. The van der Waals surface area contributed by atoms with Crippen LogP contribution >= 0.6 is 11.8 Å². The molecule has 1 rings (SSSR count). The van der Waals surface area contributed by atoms with E-state index in [-0.39, 0.29) is 0 Å². The molecule has 0 N–H and O–H groups in total. The predicted molar refractivity (Wildman–Crippen MR) is 64.3 cm³/mol. The first-order valence-electron chi connectivity index (χ1n) is 4.94. The highest BCUT2D eigenvalue weighted by Gasteiger charge is 1.97. The molecule has 1 aromatic carbocycles. The van der Waals surface area contributed by atoms with Gasteiger partial charge in [0.1, 0.15) is 0 Å². The van der Waals surface area contributed by atoms with Crippen LogP contribution in [0.2, 0.25) is 0 Å². The maximum atomic E-state index is 2.26. The molecule has 1 aromatic rings. The minimum Gasteiger partial charge on any atom is -0.305 e. The molecular weight excluding hydrogens is 190 g/mol. The fraction of sp³-hybridized carbons (Fsp3) is 0.417. The Balaban J connectivity index is 2.59. The molecule has 0 atom stereocenters. The van der Waals surface area contributed by atoms with Gasteiger partial charge in [-0.05, 0) is 38.2 Å². The van der Waals surface area contributed by atoms with Crippen molar-refractivity contribution in [3.63, 3.8) is 0 Å². The van der Waals surface area contributed by atoms with E-state index in [4.69, 9.17) is 0 Å². The Morgan fingerprint density at radius 1 is 1.36 bits per heavy atom. The molecule has 0 aliphatic rings. The Bertz CT molecular complexity index is 271. The normalized spacial score (nSPS) is 10.9. The van der Waals surface area contributed by atoms with Crippen LogP contribution in [-0.4, -0.2) is 19.0 Å². The second-order valence-electron chi connectivity index (χ2n) is 3.58. The Labute approximate surface area is 91.5 Å². The topological polar surface area (TPSA) is 3.24 Å². The summed E-state index contributed by atoms with van der Waals surface area (Å²) in [5, 5.41) is 0. The van der Waals surface area contributed by atoms with Crippen molar-refractivity contribution < 1.29 is 0 Å². The lowest BCUT2D eigenvalue weighted by Crippen LogP contribution is -2.10. The highest BCUT2D eigenvalue weighted by atomic mass is 32.2. The number of nitrogens with zero attached hydrogens (tertiary/aromatic N) is 1. The van der Waals surface area contributed by atoms with E-state index in [1.165, 1.54) is 10.5 Å². The van der Waals surface area contributed by atoms with Crippen LogP contribution in [0, 0.1) is 5.75 Å². The summed E-state index contributed by atoms with van der Waals surface area (Å²) in [4.78, 5) is 3.53. The van der Waals surface area contributed by atoms with Crippen molar-refractivity contribution in [2.24, 2.45) is 0 Å². The molecular formula is C12H18NS. The van der Waals surface area contributed by atoms with Crippen molar-refractivity contribution in [3.8, 4) is 0 Å². The number of hydrogen-bond acceptors (Lipinski definition) is 2. The lowest BCUT2D eigenvalue weighted by molar-refractivity contribution is 0.402. The summed E-state index contributed by atoms with van der Waals surface area (Å²) in [6.45, 7) is 3.18. The zero-order valence-electron chi connectivity index (χ0n) is 9.16. The molecule has 0 aromatic heterocycles. The maximum absolute atomic E-state index is 2.26. The Kier molecular flexibility index (Phi) is 5.05. The molecule has 0 saturated heterocycles. The predicted octanol–water partition coefficient (Wildman–Crippen LogP) is 3.41. The van der Waals surface area contributed by atoms with Crippen molar-refractivity contribution in [2.75, 3.05) is 14.1 Å². The van der Waals surface area contributed by atoms with Gasteiger partial charge in [-0.1, -0.05) is 19.1 Å². The second kappa shape index (κ2) is 6.10. The van der Waals surface area contributed by atoms with E-state index in [0.717, 1.165) is 13.0 Å². The molecule has 77 valence electrons. The molecule has 0 aliphatic heterocycles. The summed E-state index contributed by atoms with van der Waals surface area (Å²) in [6.07, 6.45) is 1.11. The number of rotatable bonds is 5. The van der Waals surface area contributed by atoms with E-state index >= 15 is 0 Å². The average molecular weight is 208 g/mol. The molecule has 0 bridgehead atoms. The molecule has 2 heteroatoms. The zero-order valence-corrected chi connectivity index (χ0v) is 9.97. The largest absolute Gasteiger partial charge is 0.305 e. The molecule has 1 nitrogen and oxygen atoms in total. The molecule has 0 fully saturated rings. The SMILES string of the molecule is CC[CH]Sc1cccc(CN(C)C)c1. The minimum atomic E-state index is 1.01. The summed E-state index contributed by atoms with van der Waals surface area (Å²) in [5.41, 5.74) is 1.38. The zero-order chi connectivity index (χ0) is 10.4. The van der Waals surface area contributed by atoms with Gasteiger partial charge >= 0.3 is 0 Å². The van der Waals surface area contributed by atoms with E-state index in [9.17, 15) is 0 Å². The van der Waals surface area contributed by atoms with Gasteiger partial charge in [-0.3, -0.25) is 0 Å². The smallest absolute Gasteiger partial charge is 0.0228 e. The lowest BCUT2D eigenvalue weighted by atomic mass is 10.2. The lowest BCUT2D eigenvalue weighted by Gasteiger charge is -2.10. The first-order valence-corrected chi connectivity index (χ1v) is 5.82. The molecule has 0 heterocycles. The fourth-order valence-electron chi connectivity index (χ4n) is 1.26. The van der Waals surface area contributed by atoms with Gasteiger partial charge in [-0.25, -0.2) is 0 Å². The summed E-state index contributed by atoms with van der Waals surface area (Å²) in [7, 11) is 4.19. The van der Waals surface area contributed by atoms with E-state index in [2.05, 4.69) is 55.9 Å². The molecule has 0 unspecified atom stereocenters. The van der Waals surface area contributed by atoms with Crippen LogP contribution in [0.25, 0.3) is 0 Å². The van der Waals surface area contributed by atoms with E-state index in [1.807, 2.05) is 11.8 Å². The minimum absolute atomic E-state index is 1.01. The Morgan fingerprint density at radius 3 is 2.79 bits per heavy atom. The highest BCUT2D eigenvalue weighted by molar-refractivity contribution is 8.01. The van der Waals surface area contributed by atoms with Crippen LogP contribution in [0.3, 0.4) is 0 Å². The van der Waals surface area contributed by atoms with Gasteiger partial charge in [0, 0.05) is 17.2 Å². The summed E-state index contributed by atoms with van der Waals surface area (Å²) in [6, 6.07) is 8.73. The fourth-order valence-corrected chi connectivity index (χ4v) is 2.00. The quantitative estimate of drug-likeness (QED) is 0.682. The Hall–Kier alpha value is -0.470. The Morgan fingerprint density at radius 2 is 2.14 bits per heavy atom. The highest BCUT2D eigenvalue weighted by Crippen LogP contribution is 2.23. The third-order valence-electron chi connectivity index (χ3n) is 1.78. The van der Waals surface area contributed by atoms with Gasteiger partial charge in [0.05, 0.1) is 0 Å². The molecule has 0 amide bonds. The first-order chi connectivity index (χ1) is 6.72. The molecule has 0 aliphatic carbocycles. The van der Waals surface area contributed by atoms with Gasteiger partial charge in [0.25, 0.3) is 0 Å². The standard InChI is InChI=1S/C12H18NS/c1-4-8-14-12-7-5-6-11(9-12)10-13(2)3/h5-9H,4,10H2,1-3H3. The number of benzene rings is 1.